The van der Waals surface area contributed by atoms with E-state index >= 15 is 0 Å². The first-order chi connectivity index (χ1) is 11.5. The van der Waals surface area contributed by atoms with E-state index in [2.05, 4.69) is 29.0 Å². The van der Waals surface area contributed by atoms with E-state index in [4.69, 9.17) is 9.47 Å². The van der Waals surface area contributed by atoms with Gasteiger partial charge in [-0.1, -0.05) is 6.07 Å². The van der Waals surface area contributed by atoms with Gasteiger partial charge in [0.15, 0.2) is 0 Å². The van der Waals surface area contributed by atoms with Crippen molar-refractivity contribution in [3.05, 3.63) is 40.6 Å². The van der Waals surface area contributed by atoms with Crippen LogP contribution in [0.4, 0.5) is 5.69 Å². The normalized spacial score (nSPS) is 13.2. The summed E-state index contributed by atoms with van der Waals surface area (Å²) >= 11 is 1.71. The van der Waals surface area contributed by atoms with Gasteiger partial charge >= 0.3 is 0 Å². The molecule has 2 atom stereocenters. The van der Waals surface area contributed by atoms with Gasteiger partial charge in [-0.05, 0) is 37.4 Å². The van der Waals surface area contributed by atoms with Crippen LogP contribution in [0.3, 0.4) is 0 Å². The van der Waals surface area contributed by atoms with E-state index in [1.165, 1.54) is 4.88 Å². The minimum Gasteiger partial charge on any atom is -0.497 e. The Balaban J connectivity index is 1.90. The van der Waals surface area contributed by atoms with Gasteiger partial charge in [0.05, 0.1) is 19.9 Å². The van der Waals surface area contributed by atoms with Crippen LogP contribution >= 0.6 is 11.3 Å². The minimum absolute atomic E-state index is 0.0585. The average molecular weight is 348 g/mol. The summed E-state index contributed by atoms with van der Waals surface area (Å²) in [6, 6.07) is 9.73. The Hall–Kier alpha value is -2.05. The van der Waals surface area contributed by atoms with Gasteiger partial charge < -0.3 is 20.1 Å². The third-order valence-electron chi connectivity index (χ3n) is 3.68. The topological polar surface area (TPSA) is 59.6 Å². The van der Waals surface area contributed by atoms with Crippen molar-refractivity contribution in [2.45, 2.75) is 32.4 Å². The van der Waals surface area contributed by atoms with Gasteiger partial charge in [-0.15, -0.1) is 11.3 Å². The highest BCUT2D eigenvalue weighted by Crippen LogP contribution is 2.29. The zero-order chi connectivity index (χ0) is 17.5. The monoisotopic (exact) mass is 348 g/mol. The second-order valence-electron chi connectivity index (χ2n) is 5.62. The molecule has 0 spiro atoms. The van der Waals surface area contributed by atoms with E-state index in [0.717, 1.165) is 0 Å². The van der Waals surface area contributed by atoms with Crippen LogP contribution in [-0.4, -0.2) is 26.2 Å². The van der Waals surface area contributed by atoms with Crippen LogP contribution in [0.1, 0.15) is 31.2 Å². The number of rotatable bonds is 8. The van der Waals surface area contributed by atoms with Gasteiger partial charge in [-0.3, -0.25) is 4.79 Å². The highest BCUT2D eigenvalue weighted by atomic mass is 32.1. The molecule has 0 fully saturated rings. The zero-order valence-electron chi connectivity index (χ0n) is 14.5. The highest BCUT2D eigenvalue weighted by Gasteiger charge is 2.15. The molecule has 24 heavy (non-hydrogen) atoms. The van der Waals surface area contributed by atoms with Crippen LogP contribution in [0.15, 0.2) is 35.7 Å². The Labute approximate surface area is 147 Å². The van der Waals surface area contributed by atoms with Crippen molar-refractivity contribution in [2.24, 2.45) is 0 Å². The van der Waals surface area contributed by atoms with E-state index < -0.39 is 0 Å². The second kappa shape index (κ2) is 8.70. The molecule has 0 aliphatic heterocycles. The maximum absolute atomic E-state index is 12.3. The summed E-state index contributed by atoms with van der Waals surface area (Å²) in [5.74, 6) is 1.21. The summed E-state index contributed by atoms with van der Waals surface area (Å²) in [5.41, 5.74) is 0.641. The Morgan fingerprint density at radius 1 is 1.21 bits per heavy atom. The first kappa shape index (κ1) is 18.3. The van der Waals surface area contributed by atoms with Gasteiger partial charge in [0.2, 0.25) is 5.91 Å². The second-order valence-corrected chi connectivity index (χ2v) is 6.60. The smallest absolute Gasteiger partial charge is 0.226 e. The van der Waals surface area contributed by atoms with Gasteiger partial charge in [0.1, 0.15) is 11.5 Å². The van der Waals surface area contributed by atoms with Gasteiger partial charge in [-0.25, -0.2) is 0 Å². The van der Waals surface area contributed by atoms with Crippen LogP contribution in [0.5, 0.6) is 11.5 Å². The minimum atomic E-state index is -0.0585. The third-order valence-corrected chi connectivity index (χ3v) is 4.73. The molecule has 2 aromatic rings. The Morgan fingerprint density at radius 2 is 2.00 bits per heavy atom. The van der Waals surface area contributed by atoms with Gasteiger partial charge in [-0.2, -0.15) is 0 Å². The third kappa shape index (κ3) is 4.97. The summed E-state index contributed by atoms with van der Waals surface area (Å²) in [6.07, 6.45) is 0.380. The molecule has 1 aromatic carbocycles. The summed E-state index contributed by atoms with van der Waals surface area (Å²) < 4.78 is 10.5. The van der Waals surface area contributed by atoms with Crippen molar-refractivity contribution in [1.82, 2.24) is 5.32 Å². The van der Waals surface area contributed by atoms with Gasteiger partial charge in [0, 0.05) is 29.4 Å². The molecule has 0 bridgehead atoms. The van der Waals surface area contributed by atoms with Crippen LogP contribution in [0, 0.1) is 0 Å². The number of carbonyl (C=O) groups excluding carboxylic acids is 1. The zero-order valence-corrected chi connectivity index (χ0v) is 15.3. The van der Waals surface area contributed by atoms with Crippen LogP contribution in [0.25, 0.3) is 0 Å². The van der Waals surface area contributed by atoms with Crippen molar-refractivity contribution < 1.29 is 14.3 Å². The Bertz CT molecular complexity index is 658. The Kier molecular flexibility index (Phi) is 6.63. The molecule has 1 heterocycles. The standard InChI is InChI=1S/C18H24N2O3S/c1-12(19-13(2)17-6-5-9-24-17)10-18(21)20-15-8-7-14(22-3)11-16(15)23-4/h5-9,11-13,19H,10H2,1-4H3,(H,20,21). The largest absolute Gasteiger partial charge is 0.497 e. The number of nitrogens with one attached hydrogen (secondary N) is 2. The van der Waals surface area contributed by atoms with E-state index in [0.29, 0.717) is 23.6 Å². The van der Waals surface area contributed by atoms with Crippen LogP contribution in [-0.2, 0) is 4.79 Å². The number of hydrogen-bond acceptors (Lipinski definition) is 5. The maximum atomic E-state index is 12.3. The molecule has 2 rings (SSSR count). The van der Waals surface area contributed by atoms with E-state index in [9.17, 15) is 4.79 Å². The number of ether oxygens (including phenoxy) is 2. The van der Waals surface area contributed by atoms with Crippen molar-refractivity contribution in [2.75, 3.05) is 19.5 Å². The maximum Gasteiger partial charge on any atom is 0.226 e. The highest BCUT2D eigenvalue weighted by molar-refractivity contribution is 7.10. The lowest BCUT2D eigenvalue weighted by Crippen LogP contribution is -2.32. The fraction of sp³-hybridized carbons (Fsp3) is 0.389. The first-order valence-electron chi connectivity index (χ1n) is 7.84. The van der Waals surface area contributed by atoms with E-state index in [-0.39, 0.29) is 18.0 Å². The summed E-state index contributed by atoms with van der Waals surface area (Å²) in [5, 5.41) is 8.40. The lowest BCUT2D eigenvalue weighted by molar-refractivity contribution is -0.116. The van der Waals surface area contributed by atoms with E-state index in [1.54, 1.807) is 43.8 Å². The lowest BCUT2D eigenvalue weighted by Gasteiger charge is -2.19. The molecule has 2 N–H and O–H groups in total. The fourth-order valence-corrected chi connectivity index (χ4v) is 3.23. The predicted octanol–water partition coefficient (Wildman–Crippen LogP) is 3.83. The molecule has 0 saturated heterocycles. The number of benzene rings is 1. The van der Waals surface area contributed by atoms with Crippen LogP contribution in [0.2, 0.25) is 0 Å². The molecule has 2 unspecified atom stereocenters. The lowest BCUT2D eigenvalue weighted by atomic mass is 10.1. The number of amides is 1. The van der Waals surface area contributed by atoms with Crippen molar-refractivity contribution in [3.63, 3.8) is 0 Å². The number of carbonyl (C=O) groups is 1. The first-order valence-corrected chi connectivity index (χ1v) is 8.72. The molecule has 130 valence electrons. The molecule has 0 aliphatic rings. The molecule has 1 amide bonds. The summed E-state index contributed by atoms with van der Waals surface area (Å²) in [7, 11) is 3.16. The number of methoxy groups -OCH3 is 2. The molecule has 1 aromatic heterocycles. The molecule has 6 heteroatoms. The molecule has 5 nitrogen and oxygen atoms in total. The van der Waals surface area contributed by atoms with Crippen molar-refractivity contribution >= 4 is 22.9 Å². The number of thiophene rings is 1. The quantitative estimate of drug-likeness (QED) is 0.761. The molecule has 0 radical (unpaired) electrons. The van der Waals surface area contributed by atoms with Crippen LogP contribution < -0.4 is 20.1 Å². The van der Waals surface area contributed by atoms with Gasteiger partial charge in [0.25, 0.3) is 0 Å². The molecule has 0 aliphatic carbocycles. The number of anilines is 1. The molecular weight excluding hydrogens is 324 g/mol. The Morgan fingerprint density at radius 3 is 2.62 bits per heavy atom. The van der Waals surface area contributed by atoms with E-state index in [1.807, 2.05) is 13.0 Å². The van der Waals surface area contributed by atoms with Crippen molar-refractivity contribution in [3.8, 4) is 11.5 Å². The summed E-state index contributed by atoms with van der Waals surface area (Å²) in [6.45, 7) is 4.11. The number of hydrogen-bond donors (Lipinski definition) is 2. The fourth-order valence-electron chi connectivity index (χ4n) is 2.49. The summed E-state index contributed by atoms with van der Waals surface area (Å²) in [4.78, 5) is 13.5. The SMILES string of the molecule is COc1ccc(NC(=O)CC(C)NC(C)c2cccs2)c(OC)c1. The molecule has 0 saturated carbocycles. The average Bonchev–Trinajstić information content (AvgIpc) is 3.09. The molecular formula is C18H24N2O3S. The van der Waals surface area contributed by atoms with Crippen molar-refractivity contribution in [1.29, 1.82) is 0 Å². The predicted molar refractivity (Wildman–Crippen MR) is 98.1 cm³/mol.